The first-order valence-electron chi connectivity index (χ1n) is 5.68. The molecule has 1 fully saturated rings. The van der Waals surface area contributed by atoms with Gasteiger partial charge in [-0.2, -0.15) is 0 Å². The van der Waals surface area contributed by atoms with Crippen molar-refractivity contribution in [1.82, 2.24) is 0 Å². The molecule has 0 N–H and O–H groups in total. The zero-order valence-corrected chi connectivity index (χ0v) is 9.05. The van der Waals surface area contributed by atoms with Gasteiger partial charge in [0.2, 0.25) is 6.29 Å². The van der Waals surface area contributed by atoms with Gasteiger partial charge in [-0.1, -0.05) is 25.7 Å². The Morgan fingerprint density at radius 3 is 3.00 bits per heavy atom. The molecule has 1 aliphatic heterocycles. The summed E-state index contributed by atoms with van der Waals surface area (Å²) in [6, 6.07) is 0. The van der Waals surface area contributed by atoms with Crippen molar-refractivity contribution >= 4 is 0 Å². The van der Waals surface area contributed by atoms with Crippen LogP contribution in [0.4, 0.5) is 0 Å². The van der Waals surface area contributed by atoms with Crippen LogP contribution < -0.4 is 0 Å². The van der Waals surface area contributed by atoms with E-state index in [9.17, 15) is 0 Å². The van der Waals surface area contributed by atoms with Gasteiger partial charge < -0.3 is 9.47 Å². The summed E-state index contributed by atoms with van der Waals surface area (Å²) in [5.41, 5.74) is 0. The van der Waals surface area contributed by atoms with E-state index in [1.54, 1.807) is 0 Å². The first kappa shape index (κ1) is 11.4. The predicted molar refractivity (Wildman–Crippen MR) is 56.6 cm³/mol. The van der Waals surface area contributed by atoms with E-state index in [-0.39, 0.29) is 6.29 Å². The van der Waals surface area contributed by atoms with Crippen LogP contribution in [0.5, 0.6) is 0 Å². The van der Waals surface area contributed by atoms with E-state index in [0.717, 1.165) is 25.9 Å². The molecule has 2 nitrogen and oxygen atoms in total. The number of ether oxygens (including phenoxy) is 2. The summed E-state index contributed by atoms with van der Waals surface area (Å²) in [4.78, 5) is 0. The lowest BCUT2D eigenvalue weighted by atomic mass is 10.2. The molecule has 0 spiro atoms. The number of rotatable bonds is 4. The van der Waals surface area contributed by atoms with E-state index in [1.807, 2.05) is 0 Å². The summed E-state index contributed by atoms with van der Waals surface area (Å²) in [7, 11) is 0. The molecular formula is C12H20O2. The highest BCUT2D eigenvalue weighted by Gasteiger charge is 2.12. The first-order chi connectivity index (χ1) is 6.93. The third kappa shape index (κ3) is 5.14. The number of hydrogen-bond acceptors (Lipinski definition) is 2. The Morgan fingerprint density at radius 1 is 1.36 bits per heavy atom. The molecule has 0 amide bonds. The minimum absolute atomic E-state index is 0.0672. The van der Waals surface area contributed by atoms with Crippen molar-refractivity contribution in [3.8, 4) is 12.0 Å². The van der Waals surface area contributed by atoms with E-state index < -0.39 is 0 Å². The smallest absolute Gasteiger partial charge is 0.210 e. The Morgan fingerprint density at radius 2 is 2.29 bits per heavy atom. The van der Waals surface area contributed by atoms with Gasteiger partial charge in [0, 0.05) is 12.8 Å². The molecule has 0 aliphatic carbocycles. The van der Waals surface area contributed by atoms with E-state index in [1.165, 1.54) is 25.7 Å². The average Bonchev–Trinajstić information content (AvgIpc) is 2.25. The van der Waals surface area contributed by atoms with Gasteiger partial charge in [0.1, 0.15) is 6.11 Å². The lowest BCUT2D eigenvalue weighted by molar-refractivity contribution is -0.121. The van der Waals surface area contributed by atoms with Crippen LogP contribution in [-0.4, -0.2) is 12.9 Å². The van der Waals surface area contributed by atoms with Gasteiger partial charge in [-0.3, -0.25) is 0 Å². The van der Waals surface area contributed by atoms with Crippen LogP contribution in [0.1, 0.15) is 51.9 Å². The molecular weight excluding hydrogens is 176 g/mol. The highest BCUT2D eigenvalue weighted by atomic mass is 16.7. The molecule has 0 radical (unpaired) electrons. The predicted octanol–water partition coefficient (Wildman–Crippen LogP) is 3.07. The van der Waals surface area contributed by atoms with Gasteiger partial charge in [0.25, 0.3) is 0 Å². The fraction of sp³-hybridized carbons (Fsp3) is 0.833. The molecule has 1 saturated heterocycles. The molecule has 1 unspecified atom stereocenters. The highest BCUT2D eigenvalue weighted by Crippen LogP contribution is 2.12. The van der Waals surface area contributed by atoms with Gasteiger partial charge >= 0.3 is 0 Å². The Labute approximate surface area is 87.0 Å². The van der Waals surface area contributed by atoms with Crippen LogP contribution in [-0.2, 0) is 9.47 Å². The summed E-state index contributed by atoms with van der Waals surface area (Å²) in [5, 5.41) is 0. The number of hydrogen-bond donors (Lipinski definition) is 0. The maximum absolute atomic E-state index is 5.38. The van der Waals surface area contributed by atoms with Crippen molar-refractivity contribution < 1.29 is 9.47 Å². The molecule has 0 saturated carbocycles. The second kappa shape index (κ2) is 7.70. The summed E-state index contributed by atoms with van der Waals surface area (Å²) >= 11 is 0. The molecule has 80 valence electrons. The molecule has 2 heteroatoms. The topological polar surface area (TPSA) is 18.5 Å². The maximum atomic E-state index is 5.38. The molecule has 14 heavy (non-hydrogen) atoms. The van der Waals surface area contributed by atoms with Gasteiger partial charge in [0.05, 0.1) is 6.61 Å². The van der Waals surface area contributed by atoms with Gasteiger partial charge in [-0.25, -0.2) is 0 Å². The van der Waals surface area contributed by atoms with Crippen molar-refractivity contribution in [3.05, 3.63) is 0 Å². The van der Waals surface area contributed by atoms with Gasteiger partial charge in [0.15, 0.2) is 0 Å². The fourth-order valence-electron chi connectivity index (χ4n) is 1.43. The van der Waals surface area contributed by atoms with Gasteiger partial charge in [-0.05, 0) is 19.3 Å². The van der Waals surface area contributed by atoms with Gasteiger partial charge in [-0.15, -0.1) is 0 Å². The monoisotopic (exact) mass is 196 g/mol. The summed E-state index contributed by atoms with van der Waals surface area (Å²) in [6.07, 6.45) is 10.6. The minimum atomic E-state index is -0.0672. The van der Waals surface area contributed by atoms with E-state index in [4.69, 9.17) is 9.47 Å². The van der Waals surface area contributed by atoms with Crippen molar-refractivity contribution in [3.63, 3.8) is 0 Å². The zero-order chi connectivity index (χ0) is 10.1. The Bertz CT molecular complexity index is 184. The lowest BCUT2D eigenvalue weighted by Gasteiger charge is -2.19. The van der Waals surface area contributed by atoms with Crippen LogP contribution in [0.2, 0.25) is 0 Å². The average molecular weight is 196 g/mol. The second-order valence-corrected chi connectivity index (χ2v) is 3.65. The maximum Gasteiger partial charge on any atom is 0.210 e. The quantitative estimate of drug-likeness (QED) is 0.508. The largest absolute Gasteiger partial charge is 0.414 e. The van der Waals surface area contributed by atoms with Crippen LogP contribution in [0, 0.1) is 12.0 Å². The third-order valence-electron chi connectivity index (χ3n) is 2.31. The molecule has 1 heterocycles. The van der Waals surface area contributed by atoms with E-state index in [2.05, 4.69) is 19.0 Å². The fourth-order valence-corrected chi connectivity index (χ4v) is 1.43. The van der Waals surface area contributed by atoms with Crippen molar-refractivity contribution in [2.45, 2.75) is 58.2 Å². The summed E-state index contributed by atoms with van der Waals surface area (Å²) < 4.78 is 10.7. The molecule has 1 atom stereocenters. The third-order valence-corrected chi connectivity index (χ3v) is 2.31. The second-order valence-electron chi connectivity index (χ2n) is 3.65. The van der Waals surface area contributed by atoms with E-state index in [0.29, 0.717) is 0 Å². The zero-order valence-electron chi connectivity index (χ0n) is 9.05. The van der Waals surface area contributed by atoms with Crippen molar-refractivity contribution in [2.75, 3.05) is 6.61 Å². The van der Waals surface area contributed by atoms with E-state index >= 15 is 0 Å². The molecule has 0 aromatic carbocycles. The summed E-state index contributed by atoms with van der Waals surface area (Å²) in [6.45, 7) is 3.02. The Balaban J connectivity index is 2.00. The SMILES string of the molecule is CCCCCC#COC1CCCCO1. The molecule has 1 aliphatic rings. The lowest BCUT2D eigenvalue weighted by Crippen LogP contribution is -2.20. The van der Waals surface area contributed by atoms with Crippen LogP contribution in [0.3, 0.4) is 0 Å². The summed E-state index contributed by atoms with van der Waals surface area (Å²) in [5.74, 6) is 3.02. The first-order valence-corrected chi connectivity index (χ1v) is 5.68. The van der Waals surface area contributed by atoms with Crippen molar-refractivity contribution in [1.29, 1.82) is 0 Å². The molecule has 0 aromatic rings. The molecule has 1 rings (SSSR count). The van der Waals surface area contributed by atoms with Crippen LogP contribution in [0.15, 0.2) is 0 Å². The van der Waals surface area contributed by atoms with Crippen molar-refractivity contribution in [2.24, 2.45) is 0 Å². The van der Waals surface area contributed by atoms with Crippen LogP contribution >= 0.6 is 0 Å². The Hall–Kier alpha value is -0.680. The molecule has 0 aromatic heterocycles. The van der Waals surface area contributed by atoms with Crippen LogP contribution in [0.25, 0.3) is 0 Å². The normalized spacial score (nSPS) is 21.1. The standard InChI is InChI=1S/C12H20O2/c1-2-3-4-5-7-10-13-12-9-6-8-11-14-12/h12H,2-6,8-9,11H2,1H3. The minimum Gasteiger partial charge on any atom is -0.414 e. The Kier molecular flexibility index (Phi) is 6.27. The number of unbranched alkanes of at least 4 members (excludes halogenated alkanes) is 3. The highest BCUT2D eigenvalue weighted by molar-refractivity contribution is 4.91. The molecule has 0 bridgehead atoms.